The summed E-state index contributed by atoms with van der Waals surface area (Å²) in [5, 5.41) is 14.8. The SMILES string of the molecule is N#Cc1ncn(CCC(=O)Nc2cc(N)ccc2F)n1. The molecule has 20 heavy (non-hydrogen) atoms. The van der Waals surface area contributed by atoms with E-state index in [9.17, 15) is 9.18 Å². The average Bonchev–Trinajstić information content (AvgIpc) is 2.89. The van der Waals surface area contributed by atoms with E-state index in [-0.39, 0.29) is 30.4 Å². The van der Waals surface area contributed by atoms with Crippen LogP contribution < -0.4 is 11.1 Å². The van der Waals surface area contributed by atoms with Gasteiger partial charge < -0.3 is 11.1 Å². The molecule has 1 amide bonds. The second-order valence-corrected chi connectivity index (χ2v) is 3.98. The summed E-state index contributed by atoms with van der Waals surface area (Å²) in [6, 6.07) is 5.71. The third-order valence-electron chi connectivity index (χ3n) is 2.47. The molecule has 0 aliphatic heterocycles. The van der Waals surface area contributed by atoms with Gasteiger partial charge in [-0.25, -0.2) is 9.37 Å². The molecule has 0 aliphatic rings. The fourth-order valence-corrected chi connectivity index (χ4v) is 1.52. The smallest absolute Gasteiger partial charge is 0.252 e. The van der Waals surface area contributed by atoms with Gasteiger partial charge in [0.25, 0.3) is 5.82 Å². The van der Waals surface area contributed by atoms with E-state index in [0.29, 0.717) is 5.69 Å². The maximum absolute atomic E-state index is 13.4. The molecular weight excluding hydrogens is 263 g/mol. The maximum Gasteiger partial charge on any atom is 0.252 e. The first-order valence-electron chi connectivity index (χ1n) is 5.73. The van der Waals surface area contributed by atoms with Crippen LogP contribution in [-0.4, -0.2) is 20.7 Å². The molecular formula is C12H11FN6O. The monoisotopic (exact) mass is 274 g/mol. The Kier molecular flexibility index (Phi) is 3.91. The number of nitrogens with one attached hydrogen (secondary N) is 1. The van der Waals surface area contributed by atoms with Crippen molar-refractivity contribution in [3.63, 3.8) is 0 Å². The van der Waals surface area contributed by atoms with Crippen LogP contribution in [0.4, 0.5) is 15.8 Å². The minimum Gasteiger partial charge on any atom is -0.399 e. The minimum atomic E-state index is -0.555. The molecule has 0 saturated carbocycles. The van der Waals surface area contributed by atoms with E-state index in [1.807, 2.05) is 0 Å². The molecule has 0 atom stereocenters. The molecule has 102 valence electrons. The molecule has 0 aliphatic carbocycles. The van der Waals surface area contributed by atoms with Gasteiger partial charge in [-0.2, -0.15) is 5.26 Å². The largest absolute Gasteiger partial charge is 0.399 e. The van der Waals surface area contributed by atoms with Crippen LogP contribution in [0.3, 0.4) is 0 Å². The molecule has 0 radical (unpaired) electrons. The third kappa shape index (κ3) is 3.29. The Morgan fingerprint density at radius 1 is 1.55 bits per heavy atom. The molecule has 2 rings (SSSR count). The summed E-state index contributed by atoms with van der Waals surface area (Å²) in [6.45, 7) is 0.241. The Hall–Kier alpha value is -2.95. The highest BCUT2D eigenvalue weighted by Gasteiger charge is 2.08. The molecule has 1 aromatic carbocycles. The lowest BCUT2D eigenvalue weighted by atomic mass is 10.2. The Balaban J connectivity index is 1.92. The van der Waals surface area contributed by atoms with Gasteiger partial charge in [0.2, 0.25) is 5.91 Å². The molecule has 7 nitrogen and oxygen atoms in total. The maximum atomic E-state index is 13.4. The zero-order chi connectivity index (χ0) is 14.5. The highest BCUT2D eigenvalue weighted by Crippen LogP contribution is 2.17. The van der Waals surface area contributed by atoms with Crippen molar-refractivity contribution in [2.24, 2.45) is 0 Å². The fraction of sp³-hybridized carbons (Fsp3) is 0.167. The van der Waals surface area contributed by atoms with Crippen LogP contribution in [0.25, 0.3) is 0 Å². The number of halogens is 1. The first-order valence-corrected chi connectivity index (χ1v) is 5.73. The number of aromatic nitrogens is 3. The number of carbonyl (C=O) groups is 1. The number of nitriles is 1. The Labute approximate surface area is 113 Å². The number of nitrogen functional groups attached to an aromatic ring is 1. The summed E-state index contributed by atoms with van der Waals surface area (Å²) in [4.78, 5) is 15.4. The zero-order valence-electron chi connectivity index (χ0n) is 10.4. The van der Waals surface area contributed by atoms with Crippen LogP contribution in [0, 0.1) is 17.1 Å². The number of hydrogen-bond donors (Lipinski definition) is 2. The average molecular weight is 274 g/mol. The number of amides is 1. The van der Waals surface area contributed by atoms with Gasteiger partial charge in [-0.05, 0) is 18.2 Å². The van der Waals surface area contributed by atoms with E-state index < -0.39 is 5.82 Å². The molecule has 1 heterocycles. The van der Waals surface area contributed by atoms with E-state index in [2.05, 4.69) is 15.4 Å². The molecule has 8 heteroatoms. The lowest BCUT2D eigenvalue weighted by Crippen LogP contribution is -2.15. The second kappa shape index (κ2) is 5.79. The highest BCUT2D eigenvalue weighted by atomic mass is 19.1. The van der Waals surface area contributed by atoms with Crippen molar-refractivity contribution in [1.82, 2.24) is 14.8 Å². The number of hydrogen-bond acceptors (Lipinski definition) is 5. The standard InChI is InChI=1S/C12H11FN6O/c13-9-2-1-8(15)5-10(9)17-12(20)3-4-19-7-16-11(6-14)18-19/h1-2,5,7H,3-4,15H2,(H,17,20). The lowest BCUT2D eigenvalue weighted by molar-refractivity contribution is -0.116. The van der Waals surface area contributed by atoms with E-state index in [4.69, 9.17) is 11.0 Å². The summed E-state index contributed by atoms with van der Waals surface area (Å²) in [5.74, 6) is -0.907. The van der Waals surface area contributed by atoms with Gasteiger partial charge in [-0.15, -0.1) is 5.10 Å². The van der Waals surface area contributed by atoms with Crippen molar-refractivity contribution in [2.75, 3.05) is 11.1 Å². The molecule has 2 aromatic rings. The quantitative estimate of drug-likeness (QED) is 0.805. The predicted molar refractivity (Wildman–Crippen MR) is 68.8 cm³/mol. The van der Waals surface area contributed by atoms with Gasteiger partial charge in [0.15, 0.2) is 0 Å². The number of nitrogens with zero attached hydrogens (tertiary/aromatic N) is 4. The number of anilines is 2. The Bertz CT molecular complexity index is 675. The first-order chi connectivity index (χ1) is 9.58. The second-order valence-electron chi connectivity index (χ2n) is 3.98. The highest BCUT2D eigenvalue weighted by molar-refractivity contribution is 5.91. The van der Waals surface area contributed by atoms with Gasteiger partial charge >= 0.3 is 0 Å². The van der Waals surface area contributed by atoms with Crippen LogP contribution in [-0.2, 0) is 11.3 Å². The summed E-state index contributed by atoms with van der Waals surface area (Å²) in [7, 11) is 0. The Morgan fingerprint density at radius 2 is 2.35 bits per heavy atom. The van der Waals surface area contributed by atoms with Gasteiger partial charge in [0.05, 0.1) is 12.2 Å². The van der Waals surface area contributed by atoms with E-state index in [1.54, 1.807) is 6.07 Å². The summed E-state index contributed by atoms with van der Waals surface area (Å²) < 4.78 is 14.8. The molecule has 0 fully saturated rings. The predicted octanol–water partition coefficient (Wildman–Crippen LogP) is 0.900. The van der Waals surface area contributed by atoms with Crippen LogP contribution in [0.2, 0.25) is 0 Å². The van der Waals surface area contributed by atoms with Crippen molar-refractivity contribution >= 4 is 17.3 Å². The number of benzene rings is 1. The number of carbonyl (C=O) groups excluding carboxylic acids is 1. The molecule has 0 unspecified atom stereocenters. The van der Waals surface area contributed by atoms with Crippen molar-refractivity contribution in [2.45, 2.75) is 13.0 Å². The lowest BCUT2D eigenvalue weighted by Gasteiger charge is -2.07. The van der Waals surface area contributed by atoms with Crippen molar-refractivity contribution in [3.8, 4) is 6.07 Å². The van der Waals surface area contributed by atoms with Crippen molar-refractivity contribution in [3.05, 3.63) is 36.2 Å². The summed E-state index contributed by atoms with van der Waals surface area (Å²) in [5.41, 5.74) is 5.91. The Morgan fingerprint density at radius 3 is 3.05 bits per heavy atom. The van der Waals surface area contributed by atoms with Gasteiger partial charge in [0.1, 0.15) is 18.2 Å². The number of rotatable bonds is 4. The van der Waals surface area contributed by atoms with E-state index >= 15 is 0 Å². The van der Waals surface area contributed by atoms with E-state index in [0.717, 1.165) is 0 Å². The third-order valence-corrected chi connectivity index (χ3v) is 2.47. The number of nitrogens with two attached hydrogens (primary N) is 1. The molecule has 1 aromatic heterocycles. The van der Waals surface area contributed by atoms with E-state index in [1.165, 1.54) is 29.2 Å². The molecule has 0 saturated heterocycles. The first kappa shape index (κ1) is 13.5. The normalized spacial score (nSPS) is 10.0. The fourth-order valence-electron chi connectivity index (χ4n) is 1.52. The van der Waals surface area contributed by atoms with Crippen LogP contribution in [0.1, 0.15) is 12.2 Å². The summed E-state index contributed by atoms with van der Waals surface area (Å²) in [6.07, 6.45) is 1.43. The number of aryl methyl sites for hydroxylation is 1. The molecule has 0 bridgehead atoms. The molecule has 3 N–H and O–H groups in total. The van der Waals surface area contributed by atoms with Gasteiger partial charge in [0, 0.05) is 12.1 Å². The molecule has 0 spiro atoms. The summed E-state index contributed by atoms with van der Waals surface area (Å²) >= 11 is 0. The van der Waals surface area contributed by atoms with Crippen LogP contribution in [0.5, 0.6) is 0 Å². The topological polar surface area (TPSA) is 110 Å². The van der Waals surface area contributed by atoms with Crippen LogP contribution in [0.15, 0.2) is 24.5 Å². The van der Waals surface area contributed by atoms with Crippen molar-refractivity contribution in [1.29, 1.82) is 5.26 Å². The van der Waals surface area contributed by atoms with Gasteiger partial charge in [-0.3, -0.25) is 9.48 Å². The minimum absolute atomic E-state index is 0.0336. The van der Waals surface area contributed by atoms with Crippen LogP contribution >= 0.6 is 0 Å². The van der Waals surface area contributed by atoms with Gasteiger partial charge in [-0.1, -0.05) is 0 Å². The zero-order valence-corrected chi connectivity index (χ0v) is 10.4. The van der Waals surface area contributed by atoms with Crippen molar-refractivity contribution < 1.29 is 9.18 Å².